The second-order valence-electron chi connectivity index (χ2n) is 27.6. The fraction of sp³-hybridized carbons (Fsp3) is 0.380. The number of fused-ring (bicyclic) bond motifs is 3. The highest BCUT2D eigenvalue weighted by Gasteiger charge is 2.30. The van der Waals surface area contributed by atoms with E-state index in [0.29, 0.717) is 126 Å². The van der Waals surface area contributed by atoms with Crippen molar-refractivity contribution >= 4 is 97.5 Å². The lowest BCUT2D eigenvalue weighted by Crippen LogP contribution is -2.50. The summed E-state index contributed by atoms with van der Waals surface area (Å²) in [7, 11) is 0. The molecule has 11 rings (SSSR count). The van der Waals surface area contributed by atoms with E-state index in [4.69, 9.17) is 5.73 Å². The van der Waals surface area contributed by atoms with Gasteiger partial charge in [0.2, 0.25) is 41.4 Å². The Hall–Kier alpha value is -12.7. The van der Waals surface area contributed by atoms with Gasteiger partial charge in [-0.15, -0.1) is 0 Å². The van der Waals surface area contributed by atoms with E-state index in [9.17, 15) is 57.5 Å². The smallest absolute Gasteiger partial charge is 0.302 e. The summed E-state index contributed by atoms with van der Waals surface area (Å²) in [6, 6.07) is 28.0. The van der Waals surface area contributed by atoms with Crippen LogP contribution in [0.15, 0.2) is 130 Å². The van der Waals surface area contributed by atoms with Crippen molar-refractivity contribution in [1.29, 1.82) is 0 Å². The van der Waals surface area contributed by atoms with Crippen LogP contribution in [0.1, 0.15) is 149 Å². The molecular formula is C79H89F2N19O12. The Morgan fingerprint density at radius 3 is 1.45 bits per heavy atom. The number of carbonyl (C=O) groups excluding carboxylic acids is 9. The summed E-state index contributed by atoms with van der Waals surface area (Å²) in [4.78, 5) is 178. The average molecular weight is 1530 g/mol. The molecule has 11 N–H and O–H groups in total. The number of nitrogens with one attached hydrogen (secondary N) is 9. The summed E-state index contributed by atoms with van der Waals surface area (Å²) in [5.41, 5.74) is 8.06. The van der Waals surface area contributed by atoms with Gasteiger partial charge in [-0.2, -0.15) is 15.2 Å². The van der Waals surface area contributed by atoms with Gasteiger partial charge < -0.3 is 62.2 Å². The highest BCUT2D eigenvalue weighted by Crippen LogP contribution is 2.24. The molecule has 2 aliphatic heterocycles. The molecule has 0 unspecified atom stereocenters. The fourth-order valence-corrected chi connectivity index (χ4v) is 13.4. The van der Waals surface area contributed by atoms with Crippen LogP contribution in [0, 0.1) is 11.6 Å². The minimum atomic E-state index is -1.10. The largest absolute Gasteiger partial charge is 0.379 e. The number of carbonyl (C=O) groups is 9. The number of hydrogen-bond acceptors (Lipinski definition) is 19. The molecule has 0 aliphatic carbocycles. The SMILES string of the molecule is Nc1nc(=O)c2nc(CNc3ccc(C(=O)N[C@@H](CCC(=O)NCCCCCNC(=O)CCCC(=O)N4CCN(C(=O)c5cc(Cc6n[nH]c(=O)c7ccccc67)ccc5F)CC4)C(=O)NCCCCCNC(=O)CCCC(=O)N4CCN(C(=O)c5cc(Cc6n[nH]c(=O)c7ccccc67)ccc5F)CC4)cc3)cnc2[nH]1. The Labute approximate surface area is 641 Å². The van der Waals surface area contributed by atoms with E-state index in [1.807, 2.05) is 0 Å². The predicted octanol–water partition coefficient (Wildman–Crippen LogP) is 4.83. The van der Waals surface area contributed by atoms with Crippen molar-refractivity contribution in [3.05, 3.63) is 203 Å². The van der Waals surface area contributed by atoms with Gasteiger partial charge in [0, 0.05) is 146 Å². The van der Waals surface area contributed by atoms with E-state index in [1.54, 1.807) is 94.7 Å². The summed E-state index contributed by atoms with van der Waals surface area (Å²) in [5.74, 6) is -4.57. The Kier molecular flexibility index (Phi) is 28.0. The second kappa shape index (κ2) is 39.1. The van der Waals surface area contributed by atoms with Crippen LogP contribution in [0.2, 0.25) is 0 Å². The Bertz CT molecular complexity index is 5120. The first-order valence-corrected chi connectivity index (χ1v) is 37.6. The van der Waals surface area contributed by atoms with Gasteiger partial charge >= 0.3 is 5.56 Å². The molecule has 112 heavy (non-hydrogen) atoms. The highest BCUT2D eigenvalue weighted by molar-refractivity contribution is 5.99. The number of hydrogen-bond donors (Lipinski definition) is 10. The Morgan fingerprint density at radius 2 is 0.955 bits per heavy atom. The quantitative estimate of drug-likeness (QED) is 0.0238. The lowest BCUT2D eigenvalue weighted by Gasteiger charge is -2.35. The Balaban J connectivity index is 0.554. The minimum absolute atomic E-state index is 0.0222. The maximum atomic E-state index is 15.1. The molecule has 33 heteroatoms. The number of anilines is 2. The third-order valence-corrected chi connectivity index (χ3v) is 19.6. The average Bonchev–Trinajstić information content (AvgIpc) is 0.795. The van der Waals surface area contributed by atoms with Gasteiger partial charge in [0.1, 0.15) is 17.7 Å². The zero-order valence-electron chi connectivity index (χ0n) is 61.8. The molecule has 2 aliphatic rings. The normalized spacial score (nSPS) is 13.2. The van der Waals surface area contributed by atoms with E-state index in [0.717, 1.165) is 0 Å². The molecule has 9 aromatic rings. The Morgan fingerprint density at radius 1 is 0.500 bits per heavy atom. The maximum absolute atomic E-state index is 15.1. The molecule has 6 heterocycles. The molecule has 586 valence electrons. The van der Waals surface area contributed by atoms with Gasteiger partial charge in [-0.25, -0.2) is 28.9 Å². The van der Waals surface area contributed by atoms with E-state index in [1.165, 1.54) is 40.3 Å². The third kappa shape index (κ3) is 22.0. The number of amides is 9. The van der Waals surface area contributed by atoms with Gasteiger partial charge in [0.25, 0.3) is 28.8 Å². The van der Waals surface area contributed by atoms with Crippen molar-refractivity contribution < 1.29 is 51.9 Å². The molecule has 9 amide bonds. The van der Waals surface area contributed by atoms with Crippen LogP contribution in [0.4, 0.5) is 20.4 Å². The third-order valence-electron chi connectivity index (χ3n) is 19.6. The lowest BCUT2D eigenvalue weighted by atomic mass is 10.0. The topological polar surface area (TPSA) is 428 Å². The van der Waals surface area contributed by atoms with E-state index in [2.05, 4.69) is 72.2 Å². The number of halogens is 2. The van der Waals surface area contributed by atoms with Crippen molar-refractivity contribution in [2.75, 3.05) is 89.6 Å². The monoisotopic (exact) mass is 1530 g/mol. The first-order chi connectivity index (χ1) is 54.2. The molecule has 0 saturated carbocycles. The van der Waals surface area contributed by atoms with E-state index < -0.39 is 46.9 Å². The zero-order chi connectivity index (χ0) is 79.0. The standard InChI is InChI=1S/C79H89F2N19O12/c80-60-27-21-49(45-63-54-13-3-5-15-56(54)73(107)95-93-63)43-58(60)77(111)99-39-35-97(36-40-99)68(104)19-11-17-65(101)83-31-7-1-8-33-85-67(103)30-29-62(90-72(106)51-23-25-52(26-24-51)87-47-53-48-88-71-70(89-53)76(110)92-79(82)91-71)75(109)86-34-10-2-9-32-84-66(102)18-12-20-69(105)98-37-41-100(42-38-98)78(112)59-44-50(22-28-61(59)81)46-64-55-14-4-6-16-57(55)74(108)96-94-64/h3-6,13-16,21-28,43-44,48,62,87H,1-2,7-12,17-20,29-42,45-47H2,(H,83,101)(H,84,102)(H,85,103)(H,86,109)(H,90,106)(H,95,107)(H,96,108)(H3,82,88,91,92,110)/t62-/m0/s1. The summed E-state index contributed by atoms with van der Waals surface area (Å²) < 4.78 is 30.2. The van der Waals surface area contributed by atoms with Crippen LogP contribution in [0.5, 0.6) is 0 Å². The number of piperazine rings is 2. The number of nitrogens with two attached hydrogens (primary N) is 1. The zero-order valence-corrected chi connectivity index (χ0v) is 61.8. The van der Waals surface area contributed by atoms with E-state index >= 15 is 8.78 Å². The fourth-order valence-electron chi connectivity index (χ4n) is 13.4. The van der Waals surface area contributed by atoms with Crippen molar-refractivity contribution in [3.8, 4) is 0 Å². The first kappa shape index (κ1) is 80.3. The van der Waals surface area contributed by atoms with Gasteiger partial charge in [-0.05, 0) is 130 Å². The molecule has 31 nitrogen and oxygen atoms in total. The number of aromatic nitrogens is 8. The van der Waals surface area contributed by atoms with Crippen molar-refractivity contribution in [1.82, 2.24) is 86.5 Å². The lowest BCUT2D eigenvalue weighted by molar-refractivity contribution is -0.133. The number of benzene rings is 5. The van der Waals surface area contributed by atoms with Crippen molar-refractivity contribution in [2.24, 2.45) is 0 Å². The van der Waals surface area contributed by atoms with Crippen LogP contribution in [-0.2, 0) is 48.2 Å². The molecule has 2 saturated heterocycles. The molecule has 0 spiro atoms. The molecule has 1 atom stereocenters. The number of rotatable bonds is 35. The minimum Gasteiger partial charge on any atom is -0.379 e. The summed E-state index contributed by atoms with van der Waals surface area (Å²) in [5, 5.41) is 33.1. The molecule has 2 fully saturated rings. The van der Waals surface area contributed by atoms with Gasteiger partial charge in [0.05, 0.1) is 51.7 Å². The summed E-state index contributed by atoms with van der Waals surface area (Å²) in [6.07, 6.45) is 6.63. The predicted molar refractivity (Wildman–Crippen MR) is 412 cm³/mol. The molecule has 5 aromatic carbocycles. The van der Waals surface area contributed by atoms with Gasteiger partial charge in [-0.1, -0.05) is 48.5 Å². The number of unbranched alkanes of at least 4 members (excludes halogenated alkanes) is 4. The van der Waals surface area contributed by atoms with Crippen LogP contribution < -0.4 is 54.3 Å². The molecule has 4 aromatic heterocycles. The molecule has 0 bridgehead atoms. The number of nitrogen functional groups attached to an aromatic ring is 1. The number of nitrogens with zero attached hydrogens (tertiary/aromatic N) is 9. The van der Waals surface area contributed by atoms with Crippen molar-refractivity contribution in [3.63, 3.8) is 0 Å². The first-order valence-electron chi connectivity index (χ1n) is 37.6. The van der Waals surface area contributed by atoms with Crippen LogP contribution in [-0.4, -0.2) is 198 Å². The van der Waals surface area contributed by atoms with Crippen LogP contribution in [0.3, 0.4) is 0 Å². The molecule has 0 radical (unpaired) electrons. The summed E-state index contributed by atoms with van der Waals surface area (Å²) >= 11 is 0. The van der Waals surface area contributed by atoms with Crippen LogP contribution >= 0.6 is 0 Å². The van der Waals surface area contributed by atoms with Crippen molar-refractivity contribution in [2.45, 2.75) is 115 Å². The maximum Gasteiger partial charge on any atom is 0.302 e. The van der Waals surface area contributed by atoms with E-state index in [-0.39, 0.29) is 191 Å². The highest BCUT2D eigenvalue weighted by atomic mass is 19.1. The number of aromatic amines is 3. The van der Waals surface area contributed by atoms with Gasteiger partial charge in [0.15, 0.2) is 11.2 Å². The number of H-pyrrole nitrogens is 3. The van der Waals surface area contributed by atoms with Crippen LogP contribution in [0.25, 0.3) is 32.7 Å². The second-order valence-corrected chi connectivity index (χ2v) is 27.6. The molecular weight excluding hydrogens is 1440 g/mol. The summed E-state index contributed by atoms with van der Waals surface area (Å²) in [6.45, 7) is 3.30. The van der Waals surface area contributed by atoms with Gasteiger partial charge in [-0.3, -0.25) is 57.5 Å².